The lowest BCUT2D eigenvalue weighted by atomic mass is 9.81. The number of methoxy groups -OCH3 is 2. The maximum atomic E-state index is 14.5. The number of terminal acetylenes is 1. The van der Waals surface area contributed by atoms with E-state index in [0.29, 0.717) is 39.2 Å². The minimum Gasteiger partial charge on any atom is -0.496 e. The Bertz CT molecular complexity index is 1980. The first-order chi connectivity index (χ1) is 23.9. The Labute approximate surface area is 294 Å². The van der Waals surface area contributed by atoms with Crippen molar-refractivity contribution in [3.05, 3.63) is 64.1 Å². The van der Waals surface area contributed by atoms with Gasteiger partial charge in [0.15, 0.2) is 12.4 Å². The van der Waals surface area contributed by atoms with Gasteiger partial charge in [-0.3, -0.25) is 19.8 Å². The van der Waals surface area contributed by atoms with E-state index in [2.05, 4.69) is 60.4 Å². The molecule has 4 heterocycles. The smallest absolute Gasteiger partial charge is 0.265 e. The van der Waals surface area contributed by atoms with Crippen LogP contribution in [-0.2, 0) is 23.2 Å². The molecule has 0 saturated heterocycles. The van der Waals surface area contributed by atoms with Crippen molar-refractivity contribution in [1.29, 1.82) is 0 Å². The van der Waals surface area contributed by atoms with Gasteiger partial charge in [-0.15, -0.1) is 6.42 Å². The van der Waals surface area contributed by atoms with Crippen LogP contribution in [0.25, 0.3) is 0 Å². The number of carbonyl (C=O) groups is 2. The molecule has 2 aromatic heterocycles. The van der Waals surface area contributed by atoms with E-state index >= 15 is 0 Å². The van der Waals surface area contributed by atoms with Crippen LogP contribution < -0.4 is 29.2 Å². The predicted molar refractivity (Wildman–Crippen MR) is 188 cm³/mol. The Hall–Kier alpha value is -5.16. The molecule has 2 aromatic carbocycles. The van der Waals surface area contributed by atoms with Gasteiger partial charge in [0.25, 0.3) is 11.8 Å². The maximum absolute atomic E-state index is 14.5. The van der Waals surface area contributed by atoms with E-state index in [0.717, 1.165) is 37.3 Å². The molecule has 0 unspecified atom stereocenters. The molecule has 2 amide bonds. The standard InChI is InChI=1S/C18H17FN4O2S.C18H24N2O4/c1-4-5-22-13-7-12(11(19)6-14(13)25-9-16(22)24)20-17-23-10-18(2,3)8-15(23)21-26-17;1-6-18(3,7-2)14-11-15(24-20-14)19-17(21)16-12(22-4)9-8-10-13(16)23-5/h1,6-7H,5,8-10H2,2-3H3;8-11H,6-7H2,1-5H3,(H,19,21)/b20-17-;. The fraction of sp³-hybridized carbons (Fsp3) is 0.417. The Morgan fingerprint density at radius 1 is 1.20 bits per heavy atom. The van der Waals surface area contributed by atoms with Crippen molar-refractivity contribution in [1.82, 2.24) is 14.1 Å². The van der Waals surface area contributed by atoms with Gasteiger partial charge in [-0.2, -0.15) is 4.37 Å². The molecule has 1 N–H and O–H groups in total. The zero-order valence-corrected chi connectivity index (χ0v) is 30.1. The van der Waals surface area contributed by atoms with Crippen LogP contribution in [-0.4, -0.2) is 53.3 Å². The van der Waals surface area contributed by atoms with Crippen LogP contribution in [0.3, 0.4) is 0 Å². The largest absolute Gasteiger partial charge is 0.496 e. The third-order valence-corrected chi connectivity index (χ3v) is 9.79. The van der Waals surface area contributed by atoms with Gasteiger partial charge >= 0.3 is 0 Å². The SMILES string of the molecule is C#CCN1C(=O)COc2cc(F)c(/N=c3\snc4n3CC(C)(C)C4)cc21.CCC(C)(CC)c1cc(NC(=O)c2c(OC)cccc2OC)on1. The molecular formula is C36H41FN6O6S. The molecule has 264 valence electrons. The lowest BCUT2D eigenvalue weighted by molar-refractivity contribution is -0.121. The van der Waals surface area contributed by atoms with Crippen molar-refractivity contribution >= 4 is 40.6 Å². The third-order valence-electron chi connectivity index (χ3n) is 9.02. The van der Waals surface area contributed by atoms with Crippen LogP contribution in [0.2, 0.25) is 0 Å². The molecule has 2 aliphatic rings. The summed E-state index contributed by atoms with van der Waals surface area (Å²) in [7, 11) is 3.01. The first kappa shape index (κ1) is 36.1. The Morgan fingerprint density at radius 3 is 2.54 bits per heavy atom. The van der Waals surface area contributed by atoms with E-state index in [1.54, 1.807) is 24.3 Å². The average Bonchev–Trinajstić information content (AvgIpc) is 3.80. The van der Waals surface area contributed by atoms with E-state index in [1.165, 1.54) is 42.8 Å². The summed E-state index contributed by atoms with van der Waals surface area (Å²) in [5, 5.41) is 6.83. The summed E-state index contributed by atoms with van der Waals surface area (Å²) in [6.07, 6.45) is 8.08. The number of hydrogen-bond donors (Lipinski definition) is 1. The zero-order valence-electron chi connectivity index (χ0n) is 29.3. The first-order valence-corrected chi connectivity index (χ1v) is 16.9. The number of aromatic nitrogens is 3. The number of rotatable bonds is 9. The normalized spacial score (nSPS) is 14.9. The van der Waals surface area contributed by atoms with Crippen LogP contribution in [0.5, 0.6) is 17.2 Å². The van der Waals surface area contributed by atoms with E-state index in [1.807, 2.05) is 4.57 Å². The number of anilines is 2. The van der Waals surface area contributed by atoms with Crippen molar-refractivity contribution in [2.24, 2.45) is 10.4 Å². The molecule has 0 saturated carbocycles. The van der Waals surface area contributed by atoms with Crippen molar-refractivity contribution in [2.75, 3.05) is 37.6 Å². The highest BCUT2D eigenvalue weighted by Gasteiger charge is 2.32. The Kier molecular flexibility index (Phi) is 10.7. The number of nitrogens with zero attached hydrogens (tertiary/aromatic N) is 5. The van der Waals surface area contributed by atoms with Gasteiger partial charge in [0.2, 0.25) is 10.7 Å². The van der Waals surface area contributed by atoms with Crippen LogP contribution in [0.1, 0.15) is 69.3 Å². The summed E-state index contributed by atoms with van der Waals surface area (Å²) in [5.41, 5.74) is 1.75. The summed E-state index contributed by atoms with van der Waals surface area (Å²) in [6.45, 7) is 11.4. The maximum Gasteiger partial charge on any atom is 0.265 e. The van der Waals surface area contributed by atoms with Crippen LogP contribution in [0, 0.1) is 23.6 Å². The number of carbonyl (C=O) groups excluding carboxylic acids is 2. The van der Waals surface area contributed by atoms with Crippen LogP contribution in [0.15, 0.2) is 45.9 Å². The number of ether oxygens (including phenoxy) is 3. The van der Waals surface area contributed by atoms with Gasteiger partial charge in [0, 0.05) is 42.0 Å². The van der Waals surface area contributed by atoms with Crippen molar-refractivity contribution in [2.45, 2.75) is 65.8 Å². The highest BCUT2D eigenvalue weighted by molar-refractivity contribution is 7.02. The molecule has 0 aliphatic carbocycles. The summed E-state index contributed by atoms with van der Waals surface area (Å²) in [6, 6.07) is 9.69. The molecule has 2 aliphatic heterocycles. The predicted octanol–water partition coefficient (Wildman–Crippen LogP) is 6.28. The molecule has 12 nitrogen and oxygen atoms in total. The molecule has 50 heavy (non-hydrogen) atoms. The number of hydrogen-bond acceptors (Lipinski definition) is 10. The molecule has 0 radical (unpaired) electrons. The minimum atomic E-state index is -0.515. The topological polar surface area (TPSA) is 133 Å². The van der Waals surface area contributed by atoms with E-state index in [9.17, 15) is 14.0 Å². The zero-order chi connectivity index (χ0) is 36.2. The van der Waals surface area contributed by atoms with Gasteiger partial charge < -0.3 is 23.3 Å². The summed E-state index contributed by atoms with van der Waals surface area (Å²) >= 11 is 1.24. The highest BCUT2D eigenvalue weighted by atomic mass is 32.1. The van der Waals surface area contributed by atoms with Gasteiger partial charge in [-0.1, -0.05) is 51.8 Å². The van der Waals surface area contributed by atoms with E-state index in [-0.39, 0.29) is 41.5 Å². The molecule has 0 bridgehead atoms. The monoisotopic (exact) mass is 704 g/mol. The molecule has 4 aromatic rings. The average molecular weight is 705 g/mol. The van der Waals surface area contributed by atoms with Crippen molar-refractivity contribution < 1.29 is 32.7 Å². The number of halogens is 1. The second kappa shape index (κ2) is 14.8. The second-order valence-corrected chi connectivity index (χ2v) is 13.7. The summed E-state index contributed by atoms with van der Waals surface area (Å²) in [5.74, 6) is 3.71. The van der Waals surface area contributed by atoms with Crippen LogP contribution >= 0.6 is 11.5 Å². The number of fused-ring (bicyclic) bond motifs is 2. The number of amides is 2. The van der Waals surface area contributed by atoms with Crippen LogP contribution in [0.4, 0.5) is 21.6 Å². The quantitative estimate of drug-likeness (QED) is 0.202. The molecule has 0 spiro atoms. The fourth-order valence-electron chi connectivity index (χ4n) is 5.73. The Balaban J connectivity index is 0.000000195. The summed E-state index contributed by atoms with van der Waals surface area (Å²) in [4.78, 5) is 31.2. The van der Waals surface area contributed by atoms with Gasteiger partial charge in [-0.25, -0.2) is 9.38 Å². The van der Waals surface area contributed by atoms with Gasteiger partial charge in [0.1, 0.15) is 34.3 Å². The lowest BCUT2D eigenvalue weighted by Crippen LogP contribution is -2.39. The number of benzene rings is 2. The first-order valence-electron chi connectivity index (χ1n) is 16.2. The molecule has 0 fully saturated rings. The molecule has 0 atom stereocenters. The van der Waals surface area contributed by atoms with Crippen molar-refractivity contribution in [3.63, 3.8) is 0 Å². The highest BCUT2D eigenvalue weighted by Crippen LogP contribution is 2.38. The number of nitrogens with one attached hydrogen (secondary N) is 1. The molecule has 14 heteroatoms. The third kappa shape index (κ3) is 7.38. The Morgan fingerprint density at radius 2 is 1.90 bits per heavy atom. The van der Waals surface area contributed by atoms with E-state index < -0.39 is 5.82 Å². The summed E-state index contributed by atoms with van der Waals surface area (Å²) < 4.78 is 42.1. The van der Waals surface area contributed by atoms with Crippen molar-refractivity contribution in [3.8, 4) is 29.6 Å². The fourth-order valence-corrected chi connectivity index (χ4v) is 6.48. The van der Waals surface area contributed by atoms with E-state index in [4.69, 9.17) is 25.2 Å². The molecule has 6 rings (SSSR count). The van der Waals surface area contributed by atoms with Gasteiger partial charge in [-0.05, 0) is 36.5 Å². The second-order valence-electron chi connectivity index (χ2n) is 13.0. The lowest BCUT2D eigenvalue weighted by Gasteiger charge is -2.28. The molecular weight excluding hydrogens is 663 g/mol. The van der Waals surface area contributed by atoms with Gasteiger partial charge in [0.05, 0.1) is 32.1 Å². The minimum absolute atomic E-state index is 0.0748.